The fourth-order valence-electron chi connectivity index (χ4n) is 3.57. The van der Waals surface area contributed by atoms with Crippen LogP contribution in [0.5, 0.6) is 0 Å². The minimum Gasteiger partial charge on any atom is -0.0622 e. The van der Waals surface area contributed by atoms with Crippen molar-refractivity contribution >= 4 is 0 Å². The van der Waals surface area contributed by atoms with Crippen LogP contribution in [0.2, 0.25) is 0 Å². The van der Waals surface area contributed by atoms with Gasteiger partial charge in [-0.1, -0.05) is 27.7 Å². The van der Waals surface area contributed by atoms with Gasteiger partial charge in [-0.05, 0) is 48.3 Å². The van der Waals surface area contributed by atoms with Gasteiger partial charge in [-0.25, -0.2) is 0 Å². The lowest BCUT2D eigenvalue weighted by Gasteiger charge is -2.60. The smallest absolute Gasteiger partial charge is 0.0269 e. The lowest BCUT2D eigenvalue weighted by Crippen LogP contribution is -2.52. The predicted octanol–water partition coefficient (Wildman–Crippen LogP) is 3.71. The summed E-state index contributed by atoms with van der Waals surface area (Å²) >= 11 is 0. The van der Waals surface area contributed by atoms with Gasteiger partial charge in [0.2, 0.25) is 0 Å². The van der Waals surface area contributed by atoms with Crippen LogP contribution in [0, 0.1) is 29.1 Å². The Kier molecular flexibility index (Phi) is 1.79. The van der Waals surface area contributed by atoms with Crippen LogP contribution in [0.25, 0.3) is 0 Å². The number of fused-ring (bicyclic) bond motifs is 1. The fraction of sp³-hybridized carbons (Fsp3) is 1.00. The summed E-state index contributed by atoms with van der Waals surface area (Å²) in [4.78, 5) is 0. The van der Waals surface area contributed by atoms with Crippen LogP contribution in [0.1, 0.15) is 47.0 Å². The number of hydrogen-bond acceptors (Lipinski definition) is 0. The second-order valence-electron chi connectivity index (χ2n) is 5.62. The first kappa shape index (κ1) is 8.59. The van der Waals surface area contributed by atoms with E-state index in [2.05, 4.69) is 27.7 Å². The summed E-state index contributed by atoms with van der Waals surface area (Å²) in [6, 6.07) is 0. The highest BCUT2D eigenvalue weighted by Crippen LogP contribution is 2.61. The third-order valence-corrected chi connectivity index (χ3v) is 5.25. The molecule has 0 nitrogen and oxygen atoms in total. The van der Waals surface area contributed by atoms with E-state index < -0.39 is 0 Å². The average molecular weight is 166 g/mol. The molecule has 2 rings (SSSR count). The minimum absolute atomic E-state index is 0.728. The molecule has 2 aliphatic rings. The summed E-state index contributed by atoms with van der Waals surface area (Å²) in [7, 11) is 0. The molecule has 70 valence electrons. The van der Waals surface area contributed by atoms with Gasteiger partial charge < -0.3 is 0 Å². The van der Waals surface area contributed by atoms with Gasteiger partial charge in [-0.15, -0.1) is 0 Å². The minimum atomic E-state index is 0.728. The lowest BCUT2D eigenvalue weighted by atomic mass is 9.45. The molecule has 12 heavy (non-hydrogen) atoms. The maximum atomic E-state index is 2.52. The van der Waals surface area contributed by atoms with Gasteiger partial charge in [-0.3, -0.25) is 0 Å². The average Bonchev–Trinajstić information content (AvgIpc) is 2.06. The Bertz CT molecular complexity index is 182. The first-order valence-corrected chi connectivity index (χ1v) is 5.55. The number of rotatable bonds is 0. The van der Waals surface area contributed by atoms with E-state index in [1.54, 1.807) is 0 Å². The van der Waals surface area contributed by atoms with Crippen LogP contribution in [0.15, 0.2) is 0 Å². The van der Waals surface area contributed by atoms with Crippen molar-refractivity contribution < 1.29 is 0 Å². The van der Waals surface area contributed by atoms with Crippen molar-refractivity contribution in [3.05, 3.63) is 0 Å². The van der Waals surface area contributed by atoms with Crippen molar-refractivity contribution in [3.63, 3.8) is 0 Å². The molecule has 5 atom stereocenters. The molecule has 2 saturated carbocycles. The van der Waals surface area contributed by atoms with Gasteiger partial charge in [0.15, 0.2) is 0 Å². The van der Waals surface area contributed by atoms with Gasteiger partial charge in [0.1, 0.15) is 0 Å². The van der Waals surface area contributed by atoms with Crippen LogP contribution in [-0.4, -0.2) is 0 Å². The standard InChI is InChI=1S/C12H22/c1-8-5-6-12(4)9(2)7-11(12)10(8)3/h8-11H,5-7H2,1-4H3. The van der Waals surface area contributed by atoms with Crippen LogP contribution in [-0.2, 0) is 0 Å². The van der Waals surface area contributed by atoms with E-state index in [1.165, 1.54) is 19.3 Å². The molecule has 0 bridgehead atoms. The first-order valence-electron chi connectivity index (χ1n) is 5.55. The van der Waals surface area contributed by atoms with E-state index in [-0.39, 0.29) is 0 Å². The van der Waals surface area contributed by atoms with Gasteiger partial charge in [0.05, 0.1) is 0 Å². The molecule has 0 heterocycles. The molecule has 0 amide bonds. The Labute approximate surface area is 76.7 Å². The Morgan fingerprint density at radius 3 is 2.42 bits per heavy atom. The van der Waals surface area contributed by atoms with E-state index in [0.717, 1.165) is 29.1 Å². The van der Waals surface area contributed by atoms with Gasteiger partial charge >= 0.3 is 0 Å². The molecular weight excluding hydrogens is 144 g/mol. The van der Waals surface area contributed by atoms with Crippen molar-refractivity contribution in [2.24, 2.45) is 29.1 Å². The molecule has 0 aliphatic heterocycles. The zero-order valence-corrected chi connectivity index (χ0v) is 8.93. The predicted molar refractivity (Wildman–Crippen MR) is 52.9 cm³/mol. The summed E-state index contributed by atoms with van der Waals surface area (Å²) in [6.45, 7) is 9.87. The van der Waals surface area contributed by atoms with Gasteiger partial charge in [-0.2, -0.15) is 0 Å². The van der Waals surface area contributed by atoms with E-state index in [4.69, 9.17) is 0 Å². The first-order chi connectivity index (χ1) is 5.55. The molecule has 0 heteroatoms. The van der Waals surface area contributed by atoms with Crippen LogP contribution >= 0.6 is 0 Å². The van der Waals surface area contributed by atoms with Crippen molar-refractivity contribution in [1.29, 1.82) is 0 Å². The molecule has 5 unspecified atom stereocenters. The molecule has 0 saturated heterocycles. The monoisotopic (exact) mass is 166 g/mol. The highest BCUT2D eigenvalue weighted by atomic mass is 14.6. The number of hydrogen-bond donors (Lipinski definition) is 0. The molecule has 0 radical (unpaired) electrons. The van der Waals surface area contributed by atoms with E-state index >= 15 is 0 Å². The van der Waals surface area contributed by atoms with E-state index in [9.17, 15) is 0 Å². The third kappa shape index (κ3) is 0.900. The maximum Gasteiger partial charge on any atom is -0.0269 e. The normalized spacial score (nSPS) is 59.0. The van der Waals surface area contributed by atoms with Crippen molar-refractivity contribution in [1.82, 2.24) is 0 Å². The highest BCUT2D eigenvalue weighted by molar-refractivity contribution is 5.02. The topological polar surface area (TPSA) is 0 Å². The SMILES string of the molecule is CC1CCC2(C)C(C)CC2C1C. The van der Waals surface area contributed by atoms with E-state index in [1.807, 2.05) is 0 Å². The maximum absolute atomic E-state index is 2.52. The molecule has 0 aromatic rings. The molecular formula is C12H22. The summed E-state index contributed by atoms with van der Waals surface area (Å²) < 4.78 is 0. The van der Waals surface area contributed by atoms with Gasteiger partial charge in [0.25, 0.3) is 0 Å². The summed E-state index contributed by atoms with van der Waals surface area (Å²) in [6.07, 6.45) is 4.46. The Morgan fingerprint density at radius 1 is 1.17 bits per heavy atom. The zero-order chi connectivity index (χ0) is 8.93. The van der Waals surface area contributed by atoms with Gasteiger partial charge in [0, 0.05) is 0 Å². The van der Waals surface area contributed by atoms with Crippen LogP contribution < -0.4 is 0 Å². The summed E-state index contributed by atoms with van der Waals surface area (Å²) in [5, 5.41) is 0. The third-order valence-electron chi connectivity index (χ3n) is 5.25. The molecule has 2 aliphatic carbocycles. The molecule has 2 fully saturated rings. The highest BCUT2D eigenvalue weighted by Gasteiger charge is 2.53. The van der Waals surface area contributed by atoms with Crippen molar-refractivity contribution in [2.45, 2.75) is 47.0 Å². The summed E-state index contributed by atoms with van der Waals surface area (Å²) in [5.41, 5.74) is 0.728. The molecule has 0 aromatic heterocycles. The fourth-order valence-corrected chi connectivity index (χ4v) is 3.57. The van der Waals surface area contributed by atoms with Crippen molar-refractivity contribution in [2.75, 3.05) is 0 Å². The molecule has 0 N–H and O–H groups in total. The summed E-state index contributed by atoms with van der Waals surface area (Å²) in [5.74, 6) is 4.02. The van der Waals surface area contributed by atoms with Crippen LogP contribution in [0.4, 0.5) is 0 Å². The quantitative estimate of drug-likeness (QED) is 0.514. The van der Waals surface area contributed by atoms with Crippen molar-refractivity contribution in [3.8, 4) is 0 Å². The lowest BCUT2D eigenvalue weighted by molar-refractivity contribution is -0.110. The second kappa shape index (κ2) is 2.49. The molecule has 0 spiro atoms. The Hall–Kier alpha value is 0. The molecule has 0 aromatic carbocycles. The Morgan fingerprint density at radius 2 is 1.83 bits per heavy atom. The largest absolute Gasteiger partial charge is 0.0622 e. The zero-order valence-electron chi connectivity index (χ0n) is 8.93. The van der Waals surface area contributed by atoms with E-state index in [0.29, 0.717) is 0 Å². The van der Waals surface area contributed by atoms with Crippen LogP contribution in [0.3, 0.4) is 0 Å². The Balaban J connectivity index is 2.13. The second-order valence-corrected chi connectivity index (χ2v) is 5.62.